The van der Waals surface area contributed by atoms with Gasteiger partial charge >= 0.3 is 0 Å². The molecule has 2 N–H and O–H groups in total. The number of nitrogens with one attached hydrogen (secondary N) is 2. The second-order valence-electron chi connectivity index (χ2n) is 6.58. The molecular weight excluding hydrogens is 398 g/mol. The summed E-state index contributed by atoms with van der Waals surface area (Å²) in [4.78, 5) is 30.8. The highest BCUT2D eigenvalue weighted by Crippen LogP contribution is 2.40. The lowest BCUT2D eigenvalue weighted by atomic mass is 10.0. The van der Waals surface area contributed by atoms with E-state index < -0.39 is 5.91 Å². The highest BCUT2D eigenvalue weighted by atomic mass is 32.1. The number of nitrogens with zero attached hydrogens (tertiary/aromatic N) is 1. The van der Waals surface area contributed by atoms with Gasteiger partial charge in [-0.1, -0.05) is 36.4 Å². The molecule has 6 nitrogen and oxygen atoms in total. The molecule has 4 rings (SSSR count). The third kappa shape index (κ3) is 4.16. The molecule has 0 fully saturated rings. The molecule has 0 aliphatic carbocycles. The lowest BCUT2D eigenvalue weighted by Gasteiger charge is -2.10. The Labute approximate surface area is 177 Å². The van der Waals surface area contributed by atoms with E-state index in [1.807, 2.05) is 49.4 Å². The van der Waals surface area contributed by atoms with Gasteiger partial charge in [-0.15, -0.1) is 11.3 Å². The number of furan rings is 1. The first kappa shape index (κ1) is 19.6. The maximum atomic E-state index is 13.2. The first-order valence-corrected chi connectivity index (χ1v) is 10.2. The molecule has 2 amide bonds. The van der Waals surface area contributed by atoms with Crippen LogP contribution in [0.15, 0.2) is 77.7 Å². The molecule has 0 radical (unpaired) electrons. The maximum Gasteiger partial charge on any atom is 0.291 e. The van der Waals surface area contributed by atoms with Crippen molar-refractivity contribution < 1.29 is 14.0 Å². The number of amides is 2. The number of aromatic nitrogens is 1. The summed E-state index contributed by atoms with van der Waals surface area (Å²) in [6.45, 7) is 2.27. The fourth-order valence-electron chi connectivity index (χ4n) is 3.15. The number of pyridine rings is 1. The molecule has 3 aromatic heterocycles. The molecule has 0 atom stereocenters. The summed E-state index contributed by atoms with van der Waals surface area (Å²) in [7, 11) is 0. The summed E-state index contributed by atoms with van der Waals surface area (Å²) in [5.74, 6) is -0.483. The van der Waals surface area contributed by atoms with Crippen LogP contribution in [0.5, 0.6) is 0 Å². The smallest absolute Gasteiger partial charge is 0.291 e. The van der Waals surface area contributed by atoms with Gasteiger partial charge in [-0.05, 0) is 36.2 Å². The number of carbonyl (C=O) groups is 2. The average molecular weight is 417 g/mol. The van der Waals surface area contributed by atoms with Crippen LogP contribution in [-0.2, 0) is 6.54 Å². The molecule has 30 heavy (non-hydrogen) atoms. The van der Waals surface area contributed by atoms with Crippen LogP contribution in [0, 0.1) is 6.92 Å². The van der Waals surface area contributed by atoms with Crippen molar-refractivity contribution in [2.24, 2.45) is 0 Å². The Bertz CT molecular complexity index is 1150. The standard InChI is InChI=1S/C23H19N3O3S/c1-15-19(17-8-3-2-4-9-17)20(22(28)25-14-16-7-5-11-24-13-16)23(30-15)26-21(27)18-10-6-12-29-18/h2-13H,14H2,1H3,(H,25,28)(H,26,27). The van der Waals surface area contributed by atoms with Crippen molar-refractivity contribution in [3.05, 3.63) is 95.0 Å². The first-order valence-electron chi connectivity index (χ1n) is 9.34. The molecule has 1 aromatic carbocycles. The number of anilines is 1. The maximum absolute atomic E-state index is 13.2. The normalized spacial score (nSPS) is 10.6. The molecule has 7 heteroatoms. The van der Waals surface area contributed by atoms with Gasteiger partial charge in [0.25, 0.3) is 11.8 Å². The largest absolute Gasteiger partial charge is 0.459 e. The Morgan fingerprint density at radius 1 is 1.03 bits per heavy atom. The highest BCUT2D eigenvalue weighted by Gasteiger charge is 2.25. The van der Waals surface area contributed by atoms with Crippen LogP contribution in [-0.4, -0.2) is 16.8 Å². The second kappa shape index (κ2) is 8.75. The van der Waals surface area contributed by atoms with Crippen molar-refractivity contribution in [2.75, 3.05) is 5.32 Å². The molecule has 0 aliphatic heterocycles. The van der Waals surface area contributed by atoms with Crippen LogP contribution in [0.2, 0.25) is 0 Å². The monoisotopic (exact) mass is 417 g/mol. The number of rotatable bonds is 6. The van der Waals surface area contributed by atoms with Crippen LogP contribution >= 0.6 is 11.3 Å². The molecule has 3 heterocycles. The second-order valence-corrected chi connectivity index (χ2v) is 7.80. The van der Waals surface area contributed by atoms with E-state index in [0.717, 1.165) is 21.6 Å². The molecule has 150 valence electrons. The third-order valence-corrected chi connectivity index (χ3v) is 5.54. The Kier molecular flexibility index (Phi) is 5.72. The number of hydrogen-bond donors (Lipinski definition) is 2. The fourth-order valence-corrected chi connectivity index (χ4v) is 4.22. The zero-order valence-electron chi connectivity index (χ0n) is 16.2. The van der Waals surface area contributed by atoms with Gasteiger partial charge < -0.3 is 15.1 Å². The molecule has 0 saturated heterocycles. The van der Waals surface area contributed by atoms with Crippen molar-refractivity contribution in [2.45, 2.75) is 13.5 Å². The van der Waals surface area contributed by atoms with E-state index in [1.165, 1.54) is 17.6 Å². The summed E-state index contributed by atoms with van der Waals surface area (Å²) in [6.07, 6.45) is 4.83. The van der Waals surface area contributed by atoms with Gasteiger partial charge in [0.2, 0.25) is 0 Å². The summed E-state index contributed by atoms with van der Waals surface area (Å²) < 4.78 is 5.18. The van der Waals surface area contributed by atoms with Gasteiger partial charge in [-0.25, -0.2) is 0 Å². The summed E-state index contributed by atoms with van der Waals surface area (Å²) in [6, 6.07) is 16.6. The zero-order chi connectivity index (χ0) is 20.9. The van der Waals surface area contributed by atoms with E-state index in [-0.39, 0.29) is 11.7 Å². The summed E-state index contributed by atoms with van der Waals surface area (Å²) in [5, 5.41) is 6.26. The SMILES string of the molecule is Cc1sc(NC(=O)c2ccco2)c(C(=O)NCc2cccnc2)c1-c1ccccc1. The molecular formula is C23H19N3O3S. The van der Waals surface area contributed by atoms with E-state index in [4.69, 9.17) is 4.42 Å². The fraction of sp³-hybridized carbons (Fsp3) is 0.0870. The van der Waals surface area contributed by atoms with E-state index in [1.54, 1.807) is 24.5 Å². The molecule has 0 bridgehead atoms. The van der Waals surface area contributed by atoms with Gasteiger partial charge in [-0.2, -0.15) is 0 Å². The van der Waals surface area contributed by atoms with Crippen LogP contribution in [0.3, 0.4) is 0 Å². The predicted octanol–water partition coefficient (Wildman–Crippen LogP) is 4.89. The minimum atomic E-state index is -0.401. The number of thiophene rings is 1. The van der Waals surface area contributed by atoms with Gasteiger partial charge in [-0.3, -0.25) is 14.6 Å². The third-order valence-electron chi connectivity index (χ3n) is 4.52. The quantitative estimate of drug-likeness (QED) is 0.468. The Hall–Kier alpha value is -3.71. The van der Waals surface area contributed by atoms with E-state index in [9.17, 15) is 9.59 Å². The topological polar surface area (TPSA) is 84.2 Å². The Balaban J connectivity index is 1.69. The molecule has 4 aromatic rings. The number of aryl methyl sites for hydroxylation is 1. The van der Waals surface area contributed by atoms with Crippen molar-refractivity contribution >= 4 is 28.2 Å². The van der Waals surface area contributed by atoms with Crippen molar-refractivity contribution in [1.82, 2.24) is 10.3 Å². The van der Waals surface area contributed by atoms with Crippen LogP contribution in [0.25, 0.3) is 11.1 Å². The number of benzene rings is 1. The van der Waals surface area contributed by atoms with Crippen LogP contribution in [0.4, 0.5) is 5.00 Å². The summed E-state index contributed by atoms with van der Waals surface area (Å²) >= 11 is 1.36. The molecule has 0 aliphatic rings. The van der Waals surface area contributed by atoms with Gasteiger partial charge in [0.1, 0.15) is 5.00 Å². The molecule has 0 unspecified atom stereocenters. The molecule has 0 spiro atoms. The van der Waals surface area contributed by atoms with Gasteiger partial charge in [0, 0.05) is 29.4 Å². The molecule has 0 saturated carbocycles. The minimum absolute atomic E-state index is 0.184. The highest BCUT2D eigenvalue weighted by molar-refractivity contribution is 7.17. The van der Waals surface area contributed by atoms with Crippen molar-refractivity contribution in [1.29, 1.82) is 0 Å². The predicted molar refractivity (Wildman–Crippen MR) is 117 cm³/mol. The first-order chi connectivity index (χ1) is 14.6. The minimum Gasteiger partial charge on any atom is -0.459 e. The Morgan fingerprint density at radius 3 is 2.57 bits per heavy atom. The van der Waals surface area contributed by atoms with Gasteiger partial charge in [0.15, 0.2) is 5.76 Å². The van der Waals surface area contributed by atoms with Crippen LogP contribution in [0.1, 0.15) is 31.4 Å². The van der Waals surface area contributed by atoms with E-state index in [0.29, 0.717) is 17.1 Å². The Morgan fingerprint density at radius 2 is 1.87 bits per heavy atom. The van der Waals surface area contributed by atoms with Crippen LogP contribution < -0.4 is 10.6 Å². The van der Waals surface area contributed by atoms with Crippen molar-refractivity contribution in [3.8, 4) is 11.1 Å². The van der Waals surface area contributed by atoms with Crippen molar-refractivity contribution in [3.63, 3.8) is 0 Å². The van der Waals surface area contributed by atoms with E-state index >= 15 is 0 Å². The average Bonchev–Trinajstić information content (AvgIpc) is 3.41. The number of hydrogen-bond acceptors (Lipinski definition) is 5. The summed E-state index contributed by atoms with van der Waals surface area (Å²) in [5.41, 5.74) is 3.04. The lowest BCUT2D eigenvalue weighted by molar-refractivity contribution is 0.0952. The lowest BCUT2D eigenvalue weighted by Crippen LogP contribution is -2.24. The van der Waals surface area contributed by atoms with E-state index in [2.05, 4.69) is 15.6 Å². The zero-order valence-corrected chi connectivity index (χ0v) is 17.0. The van der Waals surface area contributed by atoms with Gasteiger partial charge in [0.05, 0.1) is 11.8 Å². The number of carbonyl (C=O) groups excluding carboxylic acids is 2.